The highest BCUT2D eigenvalue weighted by Crippen LogP contribution is 2.41. The second-order valence-corrected chi connectivity index (χ2v) is 28.1. The van der Waals surface area contributed by atoms with E-state index < -0.39 is 16.1 Å². The molecule has 7 aromatic rings. The van der Waals surface area contributed by atoms with E-state index in [0.29, 0.717) is 11.8 Å². The van der Waals surface area contributed by atoms with Crippen LogP contribution in [0.5, 0.6) is 23.0 Å². The first kappa shape index (κ1) is 34.9. The number of aromatic nitrogens is 2. The van der Waals surface area contributed by atoms with Gasteiger partial charge in [0, 0.05) is 16.4 Å². The Hall–Kier alpha value is -4.85. The number of benzene rings is 6. The van der Waals surface area contributed by atoms with E-state index in [0.717, 1.165) is 56.3 Å². The summed E-state index contributed by atoms with van der Waals surface area (Å²) in [6.45, 7) is 23.6. The van der Waals surface area contributed by atoms with Gasteiger partial charge in [0.2, 0.25) is 0 Å². The molecule has 0 N–H and O–H groups in total. The highest BCUT2D eigenvalue weighted by Gasteiger charge is 2.43. The Kier molecular flexibility index (Phi) is 7.97. The van der Waals surface area contributed by atoms with Gasteiger partial charge in [-0.3, -0.25) is 4.57 Å². The smallest absolute Gasteiger partial charge is 0.260 e. The van der Waals surface area contributed by atoms with Gasteiger partial charge in [0.15, 0.2) is 0 Å². The molecule has 0 bridgehead atoms. The first-order valence-electron chi connectivity index (χ1n) is 19.6. The lowest BCUT2D eigenvalue weighted by Gasteiger charge is -2.36. The summed E-state index contributed by atoms with van der Waals surface area (Å²) in [7, 11) is -3.44. The van der Waals surface area contributed by atoms with Crippen LogP contribution in [0.15, 0.2) is 103 Å². The van der Waals surface area contributed by atoms with E-state index in [9.17, 15) is 0 Å². The molecule has 0 saturated heterocycles. The van der Waals surface area contributed by atoms with E-state index in [1.165, 1.54) is 43.4 Å². The van der Waals surface area contributed by atoms with Crippen LogP contribution in [0.25, 0.3) is 38.9 Å². The minimum absolute atomic E-state index is 0.0257. The molecule has 6 aromatic carbocycles. The molecule has 0 amide bonds. The van der Waals surface area contributed by atoms with Gasteiger partial charge in [-0.1, -0.05) is 145 Å². The van der Waals surface area contributed by atoms with Crippen molar-refractivity contribution in [2.24, 2.45) is 0 Å². The van der Waals surface area contributed by atoms with Crippen LogP contribution in [0, 0.1) is 0 Å². The number of nitrogens with zero attached hydrogens (tertiary/aromatic N) is 2. The Morgan fingerprint density at radius 2 is 1.31 bits per heavy atom. The second kappa shape index (κ2) is 12.3. The molecule has 3 heterocycles. The van der Waals surface area contributed by atoms with Crippen LogP contribution >= 0.6 is 0 Å². The molecule has 54 heavy (non-hydrogen) atoms. The summed E-state index contributed by atoms with van der Waals surface area (Å²) in [5.74, 6) is 5.40. The molecular weight excluding hydrogens is 692 g/mol. The molecule has 2 aliphatic rings. The van der Waals surface area contributed by atoms with Crippen molar-refractivity contribution in [3.63, 3.8) is 0 Å². The SMILES string of the molecule is CC(C)c1cccc(C(C)C)c1-n1c(-c2ccc3c(c2)B2c4cccc([Si](C)(C)C)c4Oc4cc([Si](C)(C)C)cc(c42)O3)nc2ccc3ccccc3c21. The standard InChI is InChI=1S/C47H49BN2O2Si2/c1-28(2)33-17-13-18-34(29(3)4)44(33)50-45-35-16-12-11-15-30(35)21-23-38(45)49-47(50)31-22-24-39-37(25-31)48-36-19-14-20-42(54(8,9)10)46(36)52-41-27-32(53(5,6)7)26-40(51-39)43(41)48/h11-29H,1-10H3. The number of hydrogen-bond acceptors (Lipinski definition) is 3. The summed E-state index contributed by atoms with van der Waals surface area (Å²) in [5.41, 5.74) is 10.6. The number of hydrogen-bond donors (Lipinski definition) is 0. The van der Waals surface area contributed by atoms with Crippen LogP contribution in [-0.4, -0.2) is 32.4 Å². The van der Waals surface area contributed by atoms with Crippen LogP contribution < -0.4 is 36.2 Å². The minimum atomic E-state index is -1.75. The topological polar surface area (TPSA) is 36.3 Å². The van der Waals surface area contributed by atoms with Gasteiger partial charge in [0.1, 0.15) is 28.8 Å². The Morgan fingerprint density at radius 3 is 2.00 bits per heavy atom. The van der Waals surface area contributed by atoms with E-state index in [1.54, 1.807) is 0 Å². The summed E-state index contributed by atoms with van der Waals surface area (Å²) in [4.78, 5) is 5.52. The van der Waals surface area contributed by atoms with Gasteiger partial charge in [-0.2, -0.15) is 0 Å². The maximum atomic E-state index is 7.04. The third-order valence-corrected chi connectivity index (χ3v) is 15.6. The van der Waals surface area contributed by atoms with Crippen molar-refractivity contribution in [2.75, 3.05) is 0 Å². The first-order chi connectivity index (χ1) is 25.7. The fourth-order valence-electron chi connectivity index (χ4n) is 8.71. The zero-order valence-corrected chi connectivity index (χ0v) is 35.3. The molecule has 270 valence electrons. The van der Waals surface area contributed by atoms with Crippen LogP contribution in [0.4, 0.5) is 0 Å². The van der Waals surface area contributed by atoms with Crippen molar-refractivity contribution in [3.8, 4) is 40.1 Å². The zero-order valence-electron chi connectivity index (χ0n) is 33.3. The number of imidazole rings is 1. The lowest BCUT2D eigenvalue weighted by atomic mass is 9.35. The Bertz CT molecular complexity index is 2640. The fourth-order valence-corrected chi connectivity index (χ4v) is 11.3. The van der Waals surface area contributed by atoms with Gasteiger partial charge >= 0.3 is 0 Å². The maximum absolute atomic E-state index is 7.04. The largest absolute Gasteiger partial charge is 0.458 e. The summed E-state index contributed by atoms with van der Waals surface area (Å²) >= 11 is 0. The average Bonchev–Trinajstić information content (AvgIpc) is 3.53. The summed E-state index contributed by atoms with van der Waals surface area (Å²) in [6, 6.07) is 38.1. The monoisotopic (exact) mass is 740 g/mol. The highest BCUT2D eigenvalue weighted by atomic mass is 28.3. The van der Waals surface area contributed by atoms with Crippen LogP contribution in [-0.2, 0) is 0 Å². The van der Waals surface area contributed by atoms with Crippen LogP contribution in [0.1, 0.15) is 50.7 Å². The van der Waals surface area contributed by atoms with E-state index in [-0.39, 0.29) is 6.71 Å². The Morgan fingerprint density at radius 1 is 0.630 bits per heavy atom. The van der Waals surface area contributed by atoms with E-state index in [1.807, 2.05) is 0 Å². The molecule has 7 heteroatoms. The molecule has 0 atom stereocenters. The molecule has 4 nitrogen and oxygen atoms in total. The molecule has 0 spiro atoms. The number of ether oxygens (including phenoxy) is 2. The van der Waals surface area contributed by atoms with Gasteiger partial charge in [0.05, 0.1) is 32.9 Å². The minimum Gasteiger partial charge on any atom is -0.458 e. The van der Waals surface area contributed by atoms with Gasteiger partial charge in [-0.05, 0) is 74.8 Å². The second-order valence-electron chi connectivity index (χ2n) is 18.0. The summed E-state index contributed by atoms with van der Waals surface area (Å²) in [6.07, 6.45) is 0. The van der Waals surface area contributed by atoms with Gasteiger partial charge in [-0.15, -0.1) is 0 Å². The van der Waals surface area contributed by atoms with E-state index >= 15 is 0 Å². The molecule has 0 aliphatic carbocycles. The molecule has 0 fully saturated rings. The van der Waals surface area contributed by atoms with E-state index in [2.05, 4.69) is 175 Å². The Balaban J connectivity index is 1.35. The first-order valence-corrected chi connectivity index (χ1v) is 26.6. The fraction of sp³-hybridized carbons (Fsp3) is 0.255. The van der Waals surface area contributed by atoms with Crippen molar-refractivity contribution in [3.05, 3.63) is 114 Å². The van der Waals surface area contributed by atoms with Gasteiger partial charge in [0.25, 0.3) is 6.71 Å². The van der Waals surface area contributed by atoms with Gasteiger partial charge in [-0.25, -0.2) is 4.98 Å². The number of fused-ring (bicyclic) bond motifs is 7. The number of rotatable bonds is 6. The molecule has 2 aliphatic heterocycles. The predicted molar refractivity (Wildman–Crippen MR) is 236 cm³/mol. The normalized spacial score (nSPS) is 13.6. The van der Waals surface area contributed by atoms with Crippen molar-refractivity contribution >= 4 is 71.4 Å². The summed E-state index contributed by atoms with van der Waals surface area (Å²) < 4.78 is 16.4. The highest BCUT2D eigenvalue weighted by molar-refractivity contribution is 6.99. The molecule has 0 saturated carbocycles. The third kappa shape index (κ3) is 5.42. The van der Waals surface area contributed by atoms with Crippen molar-refractivity contribution in [1.82, 2.24) is 9.55 Å². The molecule has 9 rings (SSSR count). The Labute approximate surface area is 322 Å². The maximum Gasteiger partial charge on any atom is 0.260 e. The lowest BCUT2D eigenvalue weighted by Crippen LogP contribution is -2.60. The van der Waals surface area contributed by atoms with Crippen molar-refractivity contribution in [2.45, 2.75) is 78.8 Å². The molecule has 0 radical (unpaired) electrons. The van der Waals surface area contributed by atoms with Gasteiger partial charge < -0.3 is 9.47 Å². The third-order valence-electron chi connectivity index (χ3n) is 11.5. The number of para-hydroxylation sites is 2. The van der Waals surface area contributed by atoms with Crippen molar-refractivity contribution in [1.29, 1.82) is 0 Å². The van der Waals surface area contributed by atoms with Crippen molar-refractivity contribution < 1.29 is 9.47 Å². The summed E-state index contributed by atoms with van der Waals surface area (Å²) in [5, 5.41) is 5.12. The lowest BCUT2D eigenvalue weighted by molar-refractivity contribution is 0.467. The molecular formula is C47H49BN2O2Si2. The zero-order chi connectivity index (χ0) is 37.8. The average molecular weight is 741 g/mol. The van der Waals surface area contributed by atoms with E-state index in [4.69, 9.17) is 14.5 Å². The quantitative estimate of drug-likeness (QED) is 0.159. The molecule has 0 unspecified atom stereocenters. The molecule has 1 aromatic heterocycles. The predicted octanol–water partition coefficient (Wildman–Crippen LogP) is 9.91. The van der Waals surface area contributed by atoms with Crippen LogP contribution in [0.3, 0.4) is 0 Å². The van der Waals surface area contributed by atoms with Crippen LogP contribution in [0.2, 0.25) is 39.3 Å².